The van der Waals surface area contributed by atoms with Crippen molar-refractivity contribution in [2.24, 2.45) is 11.7 Å². The number of nitrogens with zero attached hydrogens (tertiary/aromatic N) is 3. The molecule has 8 heteroatoms. The predicted octanol–water partition coefficient (Wildman–Crippen LogP) is 2.19. The minimum absolute atomic E-state index is 0.00384. The summed E-state index contributed by atoms with van der Waals surface area (Å²) in [6.07, 6.45) is 3.64. The molecule has 2 amide bonds. The Morgan fingerprint density at radius 2 is 1.88 bits per heavy atom. The highest BCUT2D eigenvalue weighted by Crippen LogP contribution is 2.24. The van der Waals surface area contributed by atoms with Crippen LogP contribution in [0.1, 0.15) is 34.3 Å². The maximum Gasteiger partial charge on any atom is 0.276 e. The molecule has 3 rings (SSSR count). The second-order valence-corrected chi connectivity index (χ2v) is 6.79. The van der Waals surface area contributed by atoms with Crippen molar-refractivity contribution < 1.29 is 9.59 Å². The molecule has 0 spiro atoms. The molecule has 0 radical (unpaired) electrons. The van der Waals surface area contributed by atoms with Crippen LogP contribution in [0.3, 0.4) is 0 Å². The van der Waals surface area contributed by atoms with Gasteiger partial charge < -0.3 is 16.0 Å². The molecule has 2 heterocycles. The molecule has 7 nitrogen and oxygen atoms in total. The van der Waals surface area contributed by atoms with Crippen molar-refractivity contribution in [2.75, 3.05) is 18.4 Å². The number of likely N-dealkylation sites (tertiary alicyclic amines) is 1. The third-order valence-corrected chi connectivity index (χ3v) is 4.73. The van der Waals surface area contributed by atoms with Gasteiger partial charge in [0.1, 0.15) is 0 Å². The third-order valence-electron chi connectivity index (χ3n) is 4.47. The van der Waals surface area contributed by atoms with Gasteiger partial charge in [-0.1, -0.05) is 11.6 Å². The Morgan fingerprint density at radius 3 is 2.50 bits per heavy atom. The fourth-order valence-electron chi connectivity index (χ4n) is 3.12. The molecule has 2 atom stereocenters. The van der Waals surface area contributed by atoms with Crippen LogP contribution in [-0.4, -0.2) is 45.8 Å². The highest BCUT2D eigenvalue weighted by atomic mass is 35.5. The van der Waals surface area contributed by atoms with E-state index >= 15 is 0 Å². The van der Waals surface area contributed by atoms with Crippen molar-refractivity contribution in [3.63, 3.8) is 0 Å². The molecule has 26 heavy (non-hydrogen) atoms. The quantitative estimate of drug-likeness (QED) is 0.855. The van der Waals surface area contributed by atoms with E-state index in [0.717, 1.165) is 6.42 Å². The number of anilines is 1. The lowest BCUT2D eigenvalue weighted by Crippen LogP contribution is -2.36. The van der Waals surface area contributed by atoms with E-state index in [1.807, 2.05) is 6.92 Å². The first-order chi connectivity index (χ1) is 12.5. The van der Waals surface area contributed by atoms with Crippen LogP contribution < -0.4 is 11.1 Å². The zero-order valence-electron chi connectivity index (χ0n) is 14.4. The Morgan fingerprint density at radius 1 is 1.23 bits per heavy atom. The Balaban J connectivity index is 1.82. The molecule has 1 fully saturated rings. The van der Waals surface area contributed by atoms with Gasteiger partial charge in [-0.15, -0.1) is 0 Å². The molecule has 1 aliphatic heterocycles. The van der Waals surface area contributed by atoms with Crippen LogP contribution in [-0.2, 0) is 0 Å². The van der Waals surface area contributed by atoms with Crippen LogP contribution in [0, 0.1) is 5.92 Å². The molecule has 0 aliphatic carbocycles. The van der Waals surface area contributed by atoms with E-state index < -0.39 is 5.91 Å². The third kappa shape index (κ3) is 3.84. The van der Waals surface area contributed by atoms with Gasteiger partial charge in [-0.2, -0.15) is 0 Å². The van der Waals surface area contributed by atoms with Gasteiger partial charge in [-0.05, 0) is 50.1 Å². The number of benzene rings is 1. The van der Waals surface area contributed by atoms with Crippen LogP contribution in [0.15, 0.2) is 36.7 Å². The Bertz CT molecular complexity index is 811. The Hall–Kier alpha value is -2.51. The maximum absolute atomic E-state index is 12.9. The minimum Gasteiger partial charge on any atom is -0.334 e. The van der Waals surface area contributed by atoms with Crippen LogP contribution in [0.25, 0.3) is 0 Å². The molecular weight excluding hydrogens is 354 g/mol. The van der Waals surface area contributed by atoms with Crippen LogP contribution >= 0.6 is 11.6 Å². The van der Waals surface area contributed by atoms with Gasteiger partial charge in [0.15, 0.2) is 11.4 Å². The van der Waals surface area contributed by atoms with Gasteiger partial charge >= 0.3 is 0 Å². The smallest absolute Gasteiger partial charge is 0.276 e. The zero-order valence-corrected chi connectivity index (χ0v) is 15.1. The normalized spacial score (nSPS) is 19.4. The number of nitrogens with one attached hydrogen (secondary N) is 1. The van der Waals surface area contributed by atoms with E-state index in [4.69, 9.17) is 17.3 Å². The van der Waals surface area contributed by atoms with Crippen molar-refractivity contribution in [1.82, 2.24) is 14.9 Å². The first kappa shape index (κ1) is 18.3. The fraction of sp³-hybridized carbons (Fsp3) is 0.333. The summed E-state index contributed by atoms with van der Waals surface area (Å²) in [6, 6.07) is 6.72. The van der Waals surface area contributed by atoms with E-state index in [0.29, 0.717) is 23.8 Å². The van der Waals surface area contributed by atoms with Gasteiger partial charge in [0.2, 0.25) is 0 Å². The SMILES string of the molecule is CC1CC(CN)CN1C(=O)c1nccnc1C(=O)Nc1ccc(Cl)cc1. The van der Waals surface area contributed by atoms with E-state index in [1.165, 1.54) is 12.4 Å². The standard InChI is InChI=1S/C18H20ClN5O2/c1-11-8-12(9-20)10-24(11)18(26)16-15(21-6-7-22-16)17(25)23-14-4-2-13(19)3-5-14/h2-7,11-12H,8-10,20H2,1H3,(H,23,25). The average molecular weight is 374 g/mol. The molecule has 2 aromatic rings. The zero-order chi connectivity index (χ0) is 18.7. The lowest BCUT2D eigenvalue weighted by atomic mass is 10.1. The monoisotopic (exact) mass is 373 g/mol. The van der Waals surface area contributed by atoms with Crippen molar-refractivity contribution >= 4 is 29.1 Å². The highest BCUT2D eigenvalue weighted by Gasteiger charge is 2.34. The lowest BCUT2D eigenvalue weighted by molar-refractivity contribution is 0.0731. The topological polar surface area (TPSA) is 101 Å². The van der Waals surface area contributed by atoms with Crippen LogP contribution in [0.2, 0.25) is 5.02 Å². The number of rotatable bonds is 4. The molecule has 3 N–H and O–H groups in total. The van der Waals surface area contributed by atoms with Gasteiger partial charge in [-0.25, -0.2) is 9.97 Å². The summed E-state index contributed by atoms with van der Waals surface area (Å²) >= 11 is 5.85. The summed E-state index contributed by atoms with van der Waals surface area (Å²) in [5.41, 5.74) is 6.33. The first-order valence-electron chi connectivity index (χ1n) is 8.38. The second kappa shape index (κ2) is 7.80. The Kier molecular flexibility index (Phi) is 5.49. The maximum atomic E-state index is 12.9. The van der Waals surface area contributed by atoms with E-state index in [2.05, 4.69) is 15.3 Å². The molecule has 1 aromatic heterocycles. The van der Waals surface area contributed by atoms with Gasteiger partial charge in [0.25, 0.3) is 11.8 Å². The number of aromatic nitrogens is 2. The van der Waals surface area contributed by atoms with Crippen molar-refractivity contribution in [1.29, 1.82) is 0 Å². The number of hydrogen-bond donors (Lipinski definition) is 2. The van der Waals surface area contributed by atoms with E-state index in [1.54, 1.807) is 29.2 Å². The van der Waals surface area contributed by atoms with Crippen LogP contribution in [0.5, 0.6) is 0 Å². The van der Waals surface area contributed by atoms with Gasteiger partial charge in [0.05, 0.1) is 0 Å². The molecule has 1 saturated heterocycles. The van der Waals surface area contributed by atoms with Crippen molar-refractivity contribution in [3.05, 3.63) is 53.1 Å². The number of nitrogens with two attached hydrogens (primary N) is 1. The number of amides is 2. The van der Waals surface area contributed by atoms with Gasteiger partial charge in [0, 0.05) is 35.7 Å². The summed E-state index contributed by atoms with van der Waals surface area (Å²) in [5.74, 6) is -0.536. The molecule has 1 aromatic carbocycles. The molecular formula is C18H20ClN5O2. The van der Waals surface area contributed by atoms with Crippen molar-refractivity contribution in [3.8, 4) is 0 Å². The summed E-state index contributed by atoms with van der Waals surface area (Å²) in [7, 11) is 0. The second-order valence-electron chi connectivity index (χ2n) is 6.36. The van der Waals surface area contributed by atoms with Gasteiger partial charge in [-0.3, -0.25) is 9.59 Å². The fourth-order valence-corrected chi connectivity index (χ4v) is 3.24. The summed E-state index contributed by atoms with van der Waals surface area (Å²) in [6.45, 7) is 3.06. The minimum atomic E-state index is -0.494. The van der Waals surface area contributed by atoms with Crippen molar-refractivity contribution in [2.45, 2.75) is 19.4 Å². The number of hydrogen-bond acceptors (Lipinski definition) is 5. The first-order valence-corrected chi connectivity index (χ1v) is 8.76. The van der Waals surface area contributed by atoms with E-state index in [9.17, 15) is 9.59 Å². The molecule has 0 bridgehead atoms. The summed E-state index contributed by atoms with van der Waals surface area (Å²) in [4.78, 5) is 35.4. The molecule has 136 valence electrons. The largest absolute Gasteiger partial charge is 0.334 e. The summed E-state index contributed by atoms with van der Waals surface area (Å²) < 4.78 is 0. The predicted molar refractivity (Wildman–Crippen MR) is 99.1 cm³/mol. The lowest BCUT2D eigenvalue weighted by Gasteiger charge is -2.21. The van der Waals surface area contributed by atoms with Crippen LogP contribution in [0.4, 0.5) is 5.69 Å². The molecule has 1 aliphatic rings. The number of carbonyl (C=O) groups is 2. The average Bonchev–Trinajstić information content (AvgIpc) is 3.04. The Labute approximate surface area is 156 Å². The highest BCUT2D eigenvalue weighted by molar-refractivity contribution is 6.30. The number of halogens is 1. The molecule has 2 unspecified atom stereocenters. The van der Waals surface area contributed by atoms with E-state index in [-0.39, 0.29) is 29.3 Å². The summed E-state index contributed by atoms with van der Waals surface area (Å²) in [5, 5.41) is 3.28. The molecule has 0 saturated carbocycles. The number of carbonyl (C=O) groups excluding carboxylic acids is 2.